The summed E-state index contributed by atoms with van der Waals surface area (Å²) in [6.45, 7) is 9.07. The van der Waals surface area contributed by atoms with Crippen molar-refractivity contribution >= 4 is 22.9 Å². The minimum absolute atomic E-state index is 0.114. The van der Waals surface area contributed by atoms with Crippen LogP contribution in [-0.2, 0) is 39.4 Å². The fourth-order valence-electron chi connectivity index (χ4n) is 6.83. The van der Waals surface area contributed by atoms with Crippen molar-refractivity contribution < 1.29 is 33.7 Å². The van der Waals surface area contributed by atoms with E-state index in [-0.39, 0.29) is 55.4 Å². The van der Waals surface area contributed by atoms with Crippen LogP contribution in [-0.4, -0.2) is 50.2 Å². The number of pyridine rings is 2. The van der Waals surface area contributed by atoms with E-state index in [1.807, 2.05) is 0 Å². The quantitative estimate of drug-likeness (QED) is 0.238. The molecule has 2 amide bonds. The molecule has 2 aliphatic heterocycles. The van der Waals surface area contributed by atoms with E-state index in [9.17, 15) is 24.6 Å². The number of nitrogens with one attached hydrogen (secondary N) is 2. The monoisotopic (exact) mass is 622 g/mol. The molecule has 3 aromatic rings. The molecule has 1 unspecified atom stereocenters. The van der Waals surface area contributed by atoms with E-state index in [4.69, 9.17) is 14.5 Å². The van der Waals surface area contributed by atoms with Gasteiger partial charge >= 0.3 is 6.09 Å². The third kappa shape index (κ3) is 5.28. The zero-order chi connectivity index (χ0) is 32.4. The molecule has 6 rings (SSSR count). The lowest BCUT2D eigenvalue weighted by molar-refractivity contribution is -0.236. The first-order valence-electron chi connectivity index (χ1n) is 15.4. The van der Waals surface area contributed by atoms with Crippen LogP contribution in [0, 0.1) is 12.7 Å². The second-order valence-electron chi connectivity index (χ2n) is 13.2. The Bertz CT molecular complexity index is 1800. The van der Waals surface area contributed by atoms with Crippen LogP contribution in [0.1, 0.15) is 92.8 Å². The number of alkyl carbamates (subject to hydrolysis) is 1. The molecule has 1 aliphatic carbocycles. The van der Waals surface area contributed by atoms with Gasteiger partial charge in [-0.15, -0.1) is 0 Å². The summed E-state index contributed by atoms with van der Waals surface area (Å²) >= 11 is 0. The summed E-state index contributed by atoms with van der Waals surface area (Å²) in [5, 5.41) is 28.4. The number of halogens is 1. The van der Waals surface area contributed by atoms with Crippen LogP contribution in [0.25, 0.3) is 22.3 Å². The number of aliphatic hydroxyl groups excluding tert-OH is 1. The second kappa shape index (κ2) is 11.2. The zero-order valence-corrected chi connectivity index (χ0v) is 26.2. The minimum atomic E-state index is -1.78. The number of ether oxygens (including phenoxy) is 2. The van der Waals surface area contributed by atoms with Gasteiger partial charge in [-0.3, -0.25) is 9.59 Å². The van der Waals surface area contributed by atoms with E-state index in [1.54, 1.807) is 45.3 Å². The van der Waals surface area contributed by atoms with Crippen molar-refractivity contribution in [3.8, 4) is 11.4 Å². The Morgan fingerprint density at radius 2 is 2.00 bits per heavy atom. The summed E-state index contributed by atoms with van der Waals surface area (Å²) < 4.78 is 27.3. The standard InChI is InChI=1S/C33H39FN4O7/c1-6-33(43)20-12-24-28-18(14-38(24)29(40)19(20)15-44-30(33)41)27-22(10-9-17-16(2)21(34)13-23(37-28)26(17)27)36-25(39)8-7-11-35-31(42)45-32(3,4)5/h12-13,22,30,41,43H,6-11,14-15H2,1-5H3,(H,35,42)(H,36,39)/t22-,30?,33-/m0/s1. The number of hydrogen-bond donors (Lipinski definition) is 4. The number of carbonyl (C=O) groups is 2. The van der Waals surface area contributed by atoms with Crippen LogP contribution in [0.5, 0.6) is 0 Å². The number of carbonyl (C=O) groups excluding carboxylic acids is 2. The first-order chi connectivity index (χ1) is 21.2. The van der Waals surface area contributed by atoms with Gasteiger partial charge in [-0.2, -0.15) is 0 Å². The first-order valence-corrected chi connectivity index (χ1v) is 15.4. The minimum Gasteiger partial charge on any atom is -0.444 e. The smallest absolute Gasteiger partial charge is 0.407 e. The van der Waals surface area contributed by atoms with Crippen LogP contribution < -0.4 is 16.2 Å². The normalized spacial score (nSPS) is 21.6. The highest BCUT2D eigenvalue weighted by Crippen LogP contribution is 2.46. The first kappa shape index (κ1) is 31.1. The lowest BCUT2D eigenvalue weighted by Crippen LogP contribution is -2.47. The number of benzene rings is 1. The van der Waals surface area contributed by atoms with Crippen LogP contribution >= 0.6 is 0 Å². The molecule has 0 radical (unpaired) electrons. The summed E-state index contributed by atoms with van der Waals surface area (Å²) in [7, 11) is 0. The molecule has 0 saturated heterocycles. The highest BCUT2D eigenvalue weighted by molar-refractivity contribution is 5.93. The van der Waals surface area contributed by atoms with E-state index in [1.165, 1.54) is 6.07 Å². The topological polar surface area (TPSA) is 152 Å². The van der Waals surface area contributed by atoms with E-state index in [0.717, 1.165) is 22.1 Å². The number of amides is 2. The summed E-state index contributed by atoms with van der Waals surface area (Å²) in [6, 6.07) is 2.66. The van der Waals surface area contributed by atoms with Crippen molar-refractivity contribution in [3.63, 3.8) is 0 Å². The molecule has 240 valence electrons. The second-order valence-corrected chi connectivity index (χ2v) is 13.2. The SMILES string of the molecule is CC[C@]1(O)c2cc3n(c(=O)c2COC1O)Cc1c-3nc2cc(F)c(C)c3c2c1[C@@H](NC(=O)CCCNC(=O)OC(C)(C)C)CC3. The van der Waals surface area contributed by atoms with Gasteiger partial charge in [0.1, 0.15) is 17.0 Å². The van der Waals surface area contributed by atoms with Gasteiger partial charge < -0.3 is 34.9 Å². The summed E-state index contributed by atoms with van der Waals surface area (Å²) in [4.78, 5) is 43.8. The third-order valence-electron chi connectivity index (χ3n) is 9.12. The number of fused-ring (bicyclic) bond motifs is 5. The highest BCUT2D eigenvalue weighted by atomic mass is 19.1. The Kier molecular flexibility index (Phi) is 7.73. The van der Waals surface area contributed by atoms with Crippen LogP contribution in [0.4, 0.5) is 9.18 Å². The van der Waals surface area contributed by atoms with E-state index in [0.29, 0.717) is 47.3 Å². The van der Waals surface area contributed by atoms with Crippen molar-refractivity contribution in [2.24, 2.45) is 0 Å². The molecule has 0 fully saturated rings. The van der Waals surface area contributed by atoms with Gasteiger partial charge in [0.15, 0.2) is 6.29 Å². The van der Waals surface area contributed by atoms with Gasteiger partial charge in [-0.1, -0.05) is 6.92 Å². The van der Waals surface area contributed by atoms with Crippen LogP contribution in [0.3, 0.4) is 0 Å². The molecule has 0 saturated carbocycles. The molecule has 4 N–H and O–H groups in total. The average molecular weight is 623 g/mol. The largest absolute Gasteiger partial charge is 0.444 e. The molecule has 45 heavy (non-hydrogen) atoms. The Morgan fingerprint density at radius 1 is 1.24 bits per heavy atom. The fraction of sp³-hybridized carbons (Fsp3) is 0.515. The van der Waals surface area contributed by atoms with Gasteiger partial charge in [0.2, 0.25) is 5.91 Å². The third-order valence-corrected chi connectivity index (χ3v) is 9.12. The fourth-order valence-corrected chi connectivity index (χ4v) is 6.83. The maximum atomic E-state index is 15.1. The van der Waals surface area contributed by atoms with Gasteiger partial charge in [0.05, 0.1) is 36.1 Å². The Balaban J connectivity index is 1.36. The summed E-state index contributed by atoms with van der Waals surface area (Å²) in [5.74, 6) is -0.577. The van der Waals surface area contributed by atoms with Crippen molar-refractivity contribution in [1.82, 2.24) is 20.2 Å². The number of aryl methyl sites for hydroxylation is 1. The average Bonchev–Trinajstić information content (AvgIpc) is 3.34. The van der Waals surface area contributed by atoms with Gasteiger partial charge in [-0.05, 0) is 76.1 Å². The Morgan fingerprint density at radius 3 is 2.71 bits per heavy atom. The maximum absolute atomic E-state index is 15.1. The molecule has 12 heteroatoms. The van der Waals surface area contributed by atoms with Gasteiger partial charge in [0, 0.05) is 41.1 Å². The molecular formula is C33H39FN4O7. The zero-order valence-electron chi connectivity index (χ0n) is 26.2. The number of aromatic nitrogens is 2. The van der Waals surface area contributed by atoms with E-state index >= 15 is 4.39 Å². The predicted octanol–water partition coefficient (Wildman–Crippen LogP) is 3.73. The van der Waals surface area contributed by atoms with Crippen molar-refractivity contribution in [3.05, 3.63) is 61.7 Å². The van der Waals surface area contributed by atoms with E-state index in [2.05, 4.69) is 10.6 Å². The lowest BCUT2D eigenvalue weighted by Gasteiger charge is -2.37. The van der Waals surface area contributed by atoms with Gasteiger partial charge in [0.25, 0.3) is 5.56 Å². The van der Waals surface area contributed by atoms with Crippen molar-refractivity contribution in [2.45, 2.75) is 103 Å². The molecule has 3 aliphatic rings. The van der Waals surface area contributed by atoms with Gasteiger partial charge in [-0.25, -0.2) is 14.2 Å². The highest BCUT2D eigenvalue weighted by Gasteiger charge is 2.45. The summed E-state index contributed by atoms with van der Waals surface area (Å²) in [5.41, 5.74) is 2.11. The molecular weight excluding hydrogens is 583 g/mol. The van der Waals surface area contributed by atoms with E-state index < -0.39 is 29.6 Å². The predicted molar refractivity (Wildman–Crippen MR) is 163 cm³/mol. The van der Waals surface area contributed by atoms with Crippen LogP contribution in [0.15, 0.2) is 16.9 Å². The Labute approximate surface area is 259 Å². The molecule has 0 bridgehead atoms. The summed E-state index contributed by atoms with van der Waals surface area (Å²) in [6.07, 6.45) is -0.281. The van der Waals surface area contributed by atoms with Crippen molar-refractivity contribution in [1.29, 1.82) is 0 Å². The molecule has 2 aromatic heterocycles. The Hall–Kier alpha value is -3.87. The number of aliphatic hydroxyl groups is 2. The lowest BCUT2D eigenvalue weighted by atomic mass is 9.81. The van der Waals surface area contributed by atoms with Crippen LogP contribution in [0.2, 0.25) is 0 Å². The number of rotatable bonds is 6. The molecule has 11 nitrogen and oxygen atoms in total. The molecule has 0 spiro atoms. The molecule has 4 heterocycles. The maximum Gasteiger partial charge on any atom is 0.407 e. The number of hydrogen-bond acceptors (Lipinski definition) is 8. The molecule has 3 atom stereocenters. The molecule has 1 aromatic carbocycles. The van der Waals surface area contributed by atoms with Crippen molar-refractivity contribution in [2.75, 3.05) is 6.54 Å². The number of nitrogens with zero attached hydrogens (tertiary/aromatic N) is 2.